The number of carboxylic acid groups (broad SMARTS) is 1. The summed E-state index contributed by atoms with van der Waals surface area (Å²) in [6.07, 6.45) is 0.513. The standard InChI is InChI=1S/C13H23N3O4/c1-13(11(17)18)2-4-16(10-13)12(19)14-3-5-15-6-8-20-9-7-15/h2-10H2,1H3,(H,14,19)(H,17,18). The molecule has 0 bridgehead atoms. The second-order valence-corrected chi connectivity index (χ2v) is 5.72. The number of carbonyl (C=O) groups is 2. The maximum Gasteiger partial charge on any atom is 0.317 e. The number of nitrogens with one attached hydrogen (secondary N) is 1. The van der Waals surface area contributed by atoms with Gasteiger partial charge in [0.25, 0.3) is 0 Å². The van der Waals surface area contributed by atoms with E-state index in [0.29, 0.717) is 19.5 Å². The fourth-order valence-electron chi connectivity index (χ4n) is 2.57. The van der Waals surface area contributed by atoms with Crippen LogP contribution in [0.4, 0.5) is 4.79 Å². The van der Waals surface area contributed by atoms with Crippen LogP contribution in [0.1, 0.15) is 13.3 Å². The third kappa shape index (κ3) is 3.61. The highest BCUT2D eigenvalue weighted by molar-refractivity contribution is 5.79. The van der Waals surface area contributed by atoms with Crippen LogP contribution in [0.3, 0.4) is 0 Å². The van der Waals surface area contributed by atoms with Gasteiger partial charge in [0.1, 0.15) is 0 Å². The zero-order valence-corrected chi connectivity index (χ0v) is 11.9. The summed E-state index contributed by atoms with van der Waals surface area (Å²) in [5.74, 6) is -0.832. The number of carbonyl (C=O) groups excluding carboxylic acids is 1. The van der Waals surface area contributed by atoms with Crippen molar-refractivity contribution in [3.8, 4) is 0 Å². The van der Waals surface area contributed by atoms with E-state index >= 15 is 0 Å². The third-order valence-electron chi connectivity index (χ3n) is 4.08. The molecule has 0 radical (unpaired) electrons. The van der Waals surface area contributed by atoms with Gasteiger partial charge >= 0.3 is 12.0 Å². The molecule has 7 heteroatoms. The van der Waals surface area contributed by atoms with Crippen LogP contribution in [-0.2, 0) is 9.53 Å². The van der Waals surface area contributed by atoms with Crippen molar-refractivity contribution < 1.29 is 19.4 Å². The van der Waals surface area contributed by atoms with E-state index in [-0.39, 0.29) is 12.6 Å². The molecule has 2 N–H and O–H groups in total. The van der Waals surface area contributed by atoms with E-state index in [1.165, 1.54) is 0 Å². The molecule has 2 rings (SSSR count). The number of hydrogen-bond acceptors (Lipinski definition) is 4. The Morgan fingerprint density at radius 2 is 2.00 bits per heavy atom. The average Bonchev–Trinajstić information content (AvgIpc) is 2.84. The molecule has 0 saturated carbocycles. The van der Waals surface area contributed by atoms with Crippen molar-refractivity contribution in [2.45, 2.75) is 13.3 Å². The summed E-state index contributed by atoms with van der Waals surface area (Å²) < 4.78 is 5.26. The fraction of sp³-hybridized carbons (Fsp3) is 0.846. The highest BCUT2D eigenvalue weighted by Gasteiger charge is 2.42. The fourth-order valence-corrected chi connectivity index (χ4v) is 2.57. The first-order valence-electron chi connectivity index (χ1n) is 7.07. The molecule has 1 atom stereocenters. The van der Waals surface area contributed by atoms with Gasteiger partial charge in [-0.05, 0) is 13.3 Å². The smallest absolute Gasteiger partial charge is 0.317 e. The molecule has 7 nitrogen and oxygen atoms in total. The van der Waals surface area contributed by atoms with Gasteiger partial charge in [-0.3, -0.25) is 9.69 Å². The monoisotopic (exact) mass is 285 g/mol. The molecule has 0 spiro atoms. The van der Waals surface area contributed by atoms with Gasteiger partial charge in [0, 0.05) is 39.3 Å². The highest BCUT2D eigenvalue weighted by atomic mass is 16.5. The Labute approximate surface area is 118 Å². The summed E-state index contributed by atoms with van der Waals surface area (Å²) in [6, 6.07) is -0.164. The molecule has 2 aliphatic heterocycles. The van der Waals surface area contributed by atoms with Gasteiger partial charge in [-0.1, -0.05) is 0 Å². The Balaban J connectivity index is 1.69. The number of ether oxygens (including phenoxy) is 1. The van der Waals surface area contributed by atoms with Crippen molar-refractivity contribution >= 4 is 12.0 Å². The topological polar surface area (TPSA) is 82.1 Å². The average molecular weight is 285 g/mol. The van der Waals surface area contributed by atoms with Gasteiger partial charge in [-0.25, -0.2) is 4.79 Å². The molecule has 0 aromatic heterocycles. The van der Waals surface area contributed by atoms with Crippen LogP contribution >= 0.6 is 0 Å². The molecule has 2 aliphatic rings. The molecule has 2 saturated heterocycles. The Kier molecular flexibility index (Phi) is 4.82. The number of morpholine rings is 1. The minimum absolute atomic E-state index is 0.164. The lowest BCUT2D eigenvalue weighted by Crippen LogP contribution is -2.45. The number of urea groups is 1. The molecular weight excluding hydrogens is 262 g/mol. The number of carboxylic acids is 1. The van der Waals surface area contributed by atoms with E-state index in [4.69, 9.17) is 9.84 Å². The number of likely N-dealkylation sites (tertiary alicyclic amines) is 1. The van der Waals surface area contributed by atoms with Crippen molar-refractivity contribution in [1.29, 1.82) is 0 Å². The number of hydrogen-bond donors (Lipinski definition) is 2. The maximum absolute atomic E-state index is 12.0. The minimum Gasteiger partial charge on any atom is -0.481 e. The molecule has 2 heterocycles. The number of nitrogens with zero attached hydrogens (tertiary/aromatic N) is 2. The molecule has 2 amide bonds. The van der Waals surface area contributed by atoms with Crippen molar-refractivity contribution in [1.82, 2.24) is 15.1 Å². The first kappa shape index (κ1) is 15.1. The van der Waals surface area contributed by atoms with Gasteiger partial charge in [0.05, 0.1) is 18.6 Å². The number of aliphatic carboxylic acids is 1. The van der Waals surface area contributed by atoms with Crippen LogP contribution in [0.2, 0.25) is 0 Å². The van der Waals surface area contributed by atoms with Crippen molar-refractivity contribution in [3.05, 3.63) is 0 Å². The van der Waals surface area contributed by atoms with E-state index < -0.39 is 11.4 Å². The van der Waals surface area contributed by atoms with Gasteiger partial charge in [-0.15, -0.1) is 0 Å². The normalized spacial score (nSPS) is 27.6. The molecule has 0 aromatic rings. The van der Waals surface area contributed by atoms with Crippen LogP contribution in [0.25, 0.3) is 0 Å². The lowest BCUT2D eigenvalue weighted by atomic mass is 9.90. The van der Waals surface area contributed by atoms with Gasteiger partial charge < -0.3 is 20.1 Å². The molecule has 2 fully saturated rings. The second kappa shape index (κ2) is 6.41. The van der Waals surface area contributed by atoms with Crippen molar-refractivity contribution in [2.24, 2.45) is 5.41 Å². The van der Waals surface area contributed by atoms with Crippen molar-refractivity contribution in [2.75, 3.05) is 52.5 Å². The predicted molar refractivity (Wildman–Crippen MR) is 72.6 cm³/mol. The maximum atomic E-state index is 12.0. The molecule has 0 aromatic carbocycles. The summed E-state index contributed by atoms with van der Waals surface area (Å²) >= 11 is 0. The third-order valence-corrected chi connectivity index (χ3v) is 4.08. The van der Waals surface area contributed by atoms with Crippen molar-refractivity contribution in [3.63, 3.8) is 0 Å². The van der Waals surface area contributed by atoms with Crippen LogP contribution < -0.4 is 5.32 Å². The summed E-state index contributed by atoms with van der Waals surface area (Å²) in [7, 11) is 0. The quantitative estimate of drug-likeness (QED) is 0.749. The van der Waals surface area contributed by atoms with Crippen LogP contribution in [0.5, 0.6) is 0 Å². The summed E-state index contributed by atoms with van der Waals surface area (Å²) in [4.78, 5) is 26.9. The number of rotatable bonds is 4. The van der Waals surface area contributed by atoms with E-state index in [2.05, 4.69) is 10.2 Å². The molecule has 1 unspecified atom stereocenters. The molecule has 20 heavy (non-hydrogen) atoms. The lowest BCUT2D eigenvalue weighted by molar-refractivity contribution is -0.146. The molecular formula is C13H23N3O4. The van der Waals surface area contributed by atoms with Gasteiger partial charge in [0.2, 0.25) is 0 Å². The summed E-state index contributed by atoms with van der Waals surface area (Å²) in [5, 5.41) is 12.0. The second-order valence-electron chi connectivity index (χ2n) is 5.72. The zero-order valence-electron chi connectivity index (χ0n) is 11.9. The zero-order chi connectivity index (χ0) is 14.6. The van der Waals surface area contributed by atoms with Gasteiger partial charge in [0.15, 0.2) is 0 Å². The Bertz CT molecular complexity index is 371. The van der Waals surface area contributed by atoms with E-state index in [0.717, 1.165) is 32.8 Å². The summed E-state index contributed by atoms with van der Waals surface area (Å²) in [6.45, 7) is 7.16. The van der Waals surface area contributed by atoms with E-state index in [1.807, 2.05) is 0 Å². The van der Waals surface area contributed by atoms with Crippen LogP contribution in [0.15, 0.2) is 0 Å². The Hall–Kier alpha value is -1.34. The first-order chi connectivity index (χ1) is 9.51. The van der Waals surface area contributed by atoms with Gasteiger partial charge in [-0.2, -0.15) is 0 Å². The SMILES string of the molecule is CC1(C(=O)O)CCN(C(=O)NCCN2CCOCC2)C1. The first-order valence-corrected chi connectivity index (χ1v) is 7.07. The van der Waals surface area contributed by atoms with E-state index in [9.17, 15) is 9.59 Å². The minimum atomic E-state index is -0.832. The van der Waals surface area contributed by atoms with E-state index in [1.54, 1.807) is 11.8 Å². The highest BCUT2D eigenvalue weighted by Crippen LogP contribution is 2.29. The largest absolute Gasteiger partial charge is 0.481 e. The lowest BCUT2D eigenvalue weighted by Gasteiger charge is -2.27. The summed E-state index contributed by atoms with van der Waals surface area (Å²) in [5.41, 5.74) is -0.804. The van der Waals surface area contributed by atoms with Crippen LogP contribution in [0, 0.1) is 5.41 Å². The van der Waals surface area contributed by atoms with Crippen LogP contribution in [-0.4, -0.2) is 79.4 Å². The number of amides is 2. The predicted octanol–water partition coefficient (Wildman–Crippen LogP) is -0.175. The Morgan fingerprint density at radius 1 is 1.30 bits per heavy atom. The molecule has 0 aliphatic carbocycles. The Morgan fingerprint density at radius 3 is 2.60 bits per heavy atom. The molecule has 114 valence electrons.